The zero-order chi connectivity index (χ0) is 16.6. The van der Waals surface area contributed by atoms with E-state index in [1.54, 1.807) is 12.1 Å². The highest BCUT2D eigenvalue weighted by Crippen LogP contribution is 2.43. The van der Waals surface area contributed by atoms with Crippen molar-refractivity contribution in [1.82, 2.24) is 10.2 Å². The number of hydrogen-bond donors (Lipinski definition) is 1. The molecule has 3 atom stereocenters. The fraction of sp³-hybridized carbons (Fsp3) is 0.632. The molecule has 4 rings (SSSR count). The van der Waals surface area contributed by atoms with Crippen molar-refractivity contribution in [2.45, 2.75) is 38.1 Å². The van der Waals surface area contributed by atoms with Crippen molar-refractivity contribution in [3.05, 3.63) is 35.6 Å². The van der Waals surface area contributed by atoms with Crippen LogP contribution in [0, 0.1) is 11.2 Å². The van der Waals surface area contributed by atoms with Crippen molar-refractivity contribution in [3.63, 3.8) is 0 Å². The van der Waals surface area contributed by atoms with Gasteiger partial charge in [0.1, 0.15) is 5.82 Å². The van der Waals surface area contributed by atoms with Crippen LogP contribution in [0.15, 0.2) is 29.3 Å². The molecule has 1 spiro atoms. The highest BCUT2D eigenvalue weighted by Gasteiger charge is 2.45. The highest BCUT2D eigenvalue weighted by atomic mass is 19.1. The summed E-state index contributed by atoms with van der Waals surface area (Å²) in [6, 6.07) is 7.42. The Morgan fingerprint density at radius 2 is 2.29 bits per heavy atom. The molecule has 1 N–H and O–H groups in total. The van der Waals surface area contributed by atoms with Crippen molar-refractivity contribution in [2.75, 3.05) is 32.8 Å². The molecule has 1 aromatic carbocycles. The third-order valence-corrected chi connectivity index (χ3v) is 5.64. The molecule has 0 aromatic heterocycles. The van der Waals surface area contributed by atoms with Crippen LogP contribution in [0.1, 0.15) is 37.7 Å². The lowest BCUT2D eigenvalue weighted by atomic mass is 9.87. The van der Waals surface area contributed by atoms with Crippen molar-refractivity contribution < 1.29 is 9.13 Å². The van der Waals surface area contributed by atoms with Crippen LogP contribution >= 0.6 is 0 Å². The van der Waals surface area contributed by atoms with Crippen molar-refractivity contribution in [1.29, 1.82) is 0 Å². The summed E-state index contributed by atoms with van der Waals surface area (Å²) in [5, 5.41) is 3.58. The van der Waals surface area contributed by atoms with Crippen LogP contribution in [0.5, 0.6) is 0 Å². The van der Waals surface area contributed by atoms with Gasteiger partial charge in [0, 0.05) is 43.6 Å². The standard InChI is InChI=1S/C19H26FN3O/c1-2-21-18(23-9-7-19(12-23)8-10-24-13-19)22-17-11-15(17)14-5-3-4-6-16(14)20/h3-6,15,17H,2,7-13H2,1H3,(H,21,22). The Bertz CT molecular complexity index is 627. The molecule has 2 saturated heterocycles. The third kappa shape index (κ3) is 3.02. The summed E-state index contributed by atoms with van der Waals surface area (Å²) in [6.07, 6.45) is 3.31. The maximum absolute atomic E-state index is 14.0. The Morgan fingerprint density at radius 3 is 3.04 bits per heavy atom. The Kier molecular flexibility index (Phi) is 4.21. The van der Waals surface area contributed by atoms with Gasteiger partial charge in [-0.15, -0.1) is 0 Å². The van der Waals surface area contributed by atoms with Gasteiger partial charge in [-0.05, 0) is 37.8 Å². The summed E-state index contributed by atoms with van der Waals surface area (Å²) in [4.78, 5) is 7.06. The lowest BCUT2D eigenvalue weighted by molar-refractivity contribution is 0.156. The molecular weight excluding hydrogens is 305 g/mol. The molecule has 1 aliphatic carbocycles. The SMILES string of the molecule is CCN=C(NC1CC1c1ccccc1F)N1CCC2(CCOC2)C1. The quantitative estimate of drug-likeness (QED) is 0.683. The molecule has 2 aliphatic heterocycles. The van der Waals surface area contributed by atoms with Crippen LogP contribution in [0.25, 0.3) is 0 Å². The van der Waals surface area contributed by atoms with Crippen LogP contribution in [0.3, 0.4) is 0 Å². The summed E-state index contributed by atoms with van der Waals surface area (Å²) in [6.45, 7) is 6.65. The van der Waals surface area contributed by atoms with E-state index in [-0.39, 0.29) is 11.7 Å². The van der Waals surface area contributed by atoms with Gasteiger partial charge in [0.2, 0.25) is 0 Å². The topological polar surface area (TPSA) is 36.9 Å². The molecule has 3 fully saturated rings. The normalized spacial score (nSPS) is 32.6. The zero-order valence-electron chi connectivity index (χ0n) is 14.3. The number of benzene rings is 1. The van der Waals surface area contributed by atoms with Gasteiger partial charge in [0.05, 0.1) is 6.61 Å². The number of rotatable bonds is 3. The molecule has 1 aromatic rings. The van der Waals surface area contributed by atoms with Crippen LogP contribution in [0.2, 0.25) is 0 Å². The minimum absolute atomic E-state index is 0.0935. The number of halogens is 1. The molecule has 3 aliphatic rings. The van der Waals surface area contributed by atoms with Crippen molar-refractivity contribution in [2.24, 2.45) is 10.4 Å². The van der Waals surface area contributed by atoms with E-state index in [0.29, 0.717) is 11.5 Å². The van der Waals surface area contributed by atoms with E-state index in [1.165, 1.54) is 6.42 Å². The van der Waals surface area contributed by atoms with Gasteiger partial charge in [0.25, 0.3) is 0 Å². The molecule has 5 heteroatoms. The molecular formula is C19H26FN3O. The summed E-state index contributed by atoms with van der Waals surface area (Å²) in [7, 11) is 0. The second kappa shape index (κ2) is 6.36. The maximum Gasteiger partial charge on any atom is 0.194 e. The first-order chi connectivity index (χ1) is 11.7. The zero-order valence-corrected chi connectivity index (χ0v) is 14.3. The molecule has 130 valence electrons. The number of ether oxygens (including phenoxy) is 1. The molecule has 0 radical (unpaired) electrons. The smallest absolute Gasteiger partial charge is 0.194 e. The summed E-state index contributed by atoms with van der Waals surface area (Å²) >= 11 is 0. The van der Waals surface area contributed by atoms with Crippen LogP contribution in [-0.4, -0.2) is 49.7 Å². The lowest BCUT2D eigenvalue weighted by Gasteiger charge is -2.25. The molecule has 0 bridgehead atoms. The second-order valence-corrected chi connectivity index (χ2v) is 7.39. The number of nitrogens with zero attached hydrogens (tertiary/aromatic N) is 2. The maximum atomic E-state index is 14.0. The first-order valence-corrected chi connectivity index (χ1v) is 9.09. The number of guanidine groups is 1. The highest BCUT2D eigenvalue weighted by molar-refractivity contribution is 5.81. The monoisotopic (exact) mass is 331 g/mol. The summed E-state index contributed by atoms with van der Waals surface area (Å²) in [5.74, 6) is 1.16. The van der Waals surface area contributed by atoms with E-state index >= 15 is 0 Å². The summed E-state index contributed by atoms with van der Waals surface area (Å²) < 4.78 is 19.6. The molecule has 24 heavy (non-hydrogen) atoms. The van der Waals surface area contributed by atoms with Crippen LogP contribution in [-0.2, 0) is 4.74 Å². The minimum Gasteiger partial charge on any atom is -0.381 e. The minimum atomic E-state index is -0.0935. The van der Waals surface area contributed by atoms with Gasteiger partial charge < -0.3 is 15.0 Å². The largest absolute Gasteiger partial charge is 0.381 e. The van der Waals surface area contributed by atoms with Crippen LogP contribution < -0.4 is 5.32 Å². The Hall–Kier alpha value is -1.62. The Balaban J connectivity index is 1.41. The van der Waals surface area contributed by atoms with E-state index in [2.05, 4.69) is 22.1 Å². The average Bonchev–Trinajstić information content (AvgIpc) is 3.01. The van der Waals surface area contributed by atoms with Crippen molar-refractivity contribution >= 4 is 5.96 Å². The first kappa shape index (κ1) is 15.9. The van der Waals surface area contributed by atoms with Crippen LogP contribution in [0.4, 0.5) is 4.39 Å². The lowest BCUT2D eigenvalue weighted by Crippen LogP contribution is -2.43. The van der Waals surface area contributed by atoms with Gasteiger partial charge in [-0.3, -0.25) is 4.99 Å². The number of nitrogens with one attached hydrogen (secondary N) is 1. The Morgan fingerprint density at radius 1 is 1.42 bits per heavy atom. The van der Waals surface area contributed by atoms with Crippen molar-refractivity contribution in [3.8, 4) is 0 Å². The predicted molar refractivity (Wildman–Crippen MR) is 92.7 cm³/mol. The number of aliphatic imine (C=N–C) groups is 1. The van der Waals surface area contributed by atoms with Gasteiger partial charge in [-0.2, -0.15) is 0 Å². The Labute approximate surface area is 143 Å². The van der Waals surface area contributed by atoms with E-state index in [0.717, 1.165) is 57.2 Å². The van der Waals surface area contributed by atoms with E-state index in [1.807, 2.05) is 12.1 Å². The number of likely N-dealkylation sites (tertiary alicyclic amines) is 1. The average molecular weight is 331 g/mol. The first-order valence-electron chi connectivity index (χ1n) is 9.09. The predicted octanol–water partition coefficient (Wildman–Crippen LogP) is 2.76. The molecule has 0 amide bonds. The second-order valence-electron chi connectivity index (χ2n) is 7.39. The summed E-state index contributed by atoms with van der Waals surface area (Å²) in [5.41, 5.74) is 1.15. The molecule has 3 unspecified atom stereocenters. The van der Waals surface area contributed by atoms with Gasteiger partial charge in [-0.1, -0.05) is 18.2 Å². The van der Waals surface area contributed by atoms with E-state index < -0.39 is 0 Å². The van der Waals surface area contributed by atoms with Gasteiger partial charge in [-0.25, -0.2) is 4.39 Å². The van der Waals surface area contributed by atoms with Gasteiger partial charge >= 0.3 is 0 Å². The number of hydrogen-bond acceptors (Lipinski definition) is 2. The third-order valence-electron chi connectivity index (χ3n) is 5.64. The fourth-order valence-corrected chi connectivity index (χ4v) is 4.11. The van der Waals surface area contributed by atoms with E-state index in [4.69, 9.17) is 4.74 Å². The molecule has 1 saturated carbocycles. The molecule has 4 nitrogen and oxygen atoms in total. The van der Waals surface area contributed by atoms with E-state index in [9.17, 15) is 4.39 Å². The fourth-order valence-electron chi connectivity index (χ4n) is 4.11. The molecule has 2 heterocycles. The van der Waals surface area contributed by atoms with Gasteiger partial charge in [0.15, 0.2) is 5.96 Å².